The van der Waals surface area contributed by atoms with Crippen molar-refractivity contribution >= 4 is 22.0 Å². The largest absolute Gasteiger partial charge is 0.378 e. The molecular formula is C8H13N3S. The molecule has 66 valence electrons. The maximum Gasteiger partial charge on any atom is 0.157 e. The molecule has 0 aliphatic heterocycles. The predicted octanol–water partition coefficient (Wildman–Crippen LogP) is 2.13. The minimum atomic E-state index is -0.0520. The van der Waals surface area contributed by atoms with Crippen LogP contribution in [-0.4, -0.2) is 10.2 Å². The molecule has 0 radical (unpaired) electrons. The summed E-state index contributed by atoms with van der Waals surface area (Å²) in [5.74, 6) is 0. The van der Waals surface area contributed by atoms with Gasteiger partial charge in [-0.25, -0.2) is 0 Å². The van der Waals surface area contributed by atoms with Crippen LogP contribution in [0.25, 0.3) is 0 Å². The minimum absolute atomic E-state index is 0. The van der Waals surface area contributed by atoms with Crippen LogP contribution in [0, 0.1) is 10.8 Å². The molecule has 0 spiro atoms. The van der Waals surface area contributed by atoms with Gasteiger partial charge in [0.25, 0.3) is 0 Å². The molecule has 0 saturated carbocycles. The quantitative estimate of drug-likeness (QED) is 0.461. The molecule has 4 N–H and O–H groups in total. The summed E-state index contributed by atoms with van der Waals surface area (Å²) in [4.78, 5) is 0. The first-order chi connectivity index (χ1) is 5.70. The number of thioether (sulfide) groups is 1. The Morgan fingerprint density at radius 2 is 1.83 bits per heavy atom. The summed E-state index contributed by atoms with van der Waals surface area (Å²) in [5, 5.41) is 14.7. The van der Waals surface area contributed by atoms with Gasteiger partial charge in [-0.1, -0.05) is 30.3 Å². The van der Waals surface area contributed by atoms with Crippen LogP contribution in [0.3, 0.4) is 0 Å². The average Bonchev–Trinajstić information content (AvgIpc) is 2.05. The molecule has 0 atom stereocenters. The second-order valence-electron chi connectivity index (χ2n) is 2.16. The second-order valence-corrected chi connectivity index (χ2v) is 3.21. The molecule has 1 aromatic rings. The number of benzene rings is 1. The lowest BCUT2D eigenvalue weighted by atomic mass is 10.2. The molecule has 0 saturated heterocycles. The van der Waals surface area contributed by atoms with Crippen molar-refractivity contribution in [2.24, 2.45) is 5.73 Å². The Morgan fingerprint density at radius 3 is 2.33 bits per heavy atom. The van der Waals surface area contributed by atoms with E-state index in [0.717, 1.165) is 17.3 Å². The Labute approximate surface area is 78.0 Å². The third kappa shape index (κ3) is 2.39. The molecular weight excluding hydrogens is 170 g/mol. The zero-order valence-corrected chi connectivity index (χ0v) is 7.19. The molecule has 12 heavy (non-hydrogen) atoms. The molecule has 0 amide bonds. The summed E-state index contributed by atoms with van der Waals surface area (Å²) in [5.41, 5.74) is 5.93. The van der Waals surface area contributed by atoms with Crippen LogP contribution < -0.4 is 5.73 Å². The van der Waals surface area contributed by atoms with E-state index in [-0.39, 0.29) is 8.02 Å². The number of hydrogen-bond donors (Lipinski definition) is 3. The average molecular weight is 183 g/mol. The molecule has 0 bridgehead atoms. The lowest BCUT2D eigenvalue weighted by molar-refractivity contribution is 1.50. The van der Waals surface area contributed by atoms with Gasteiger partial charge in [0.15, 0.2) is 5.17 Å². The van der Waals surface area contributed by atoms with E-state index in [1.807, 2.05) is 30.3 Å². The zero-order chi connectivity index (χ0) is 8.97. The molecule has 4 heteroatoms. The number of amidine groups is 1. The Morgan fingerprint density at radius 1 is 1.25 bits per heavy atom. The van der Waals surface area contributed by atoms with Gasteiger partial charge in [0.05, 0.1) is 0 Å². The fourth-order valence-corrected chi connectivity index (χ4v) is 1.23. The topological polar surface area (TPSA) is 73.7 Å². The lowest BCUT2D eigenvalue weighted by Crippen LogP contribution is -2.08. The maximum absolute atomic E-state index is 7.50. The van der Waals surface area contributed by atoms with Crippen LogP contribution in [0.4, 0.5) is 0 Å². The third-order valence-corrected chi connectivity index (χ3v) is 1.91. The highest BCUT2D eigenvalue weighted by atomic mass is 32.2. The summed E-state index contributed by atoms with van der Waals surface area (Å²) < 4.78 is 0. The Bertz CT molecular complexity index is 303. The van der Waals surface area contributed by atoms with Crippen molar-refractivity contribution in [1.82, 2.24) is 0 Å². The highest BCUT2D eigenvalue weighted by Crippen LogP contribution is 2.10. The molecule has 0 fully saturated rings. The molecule has 1 rings (SSSR count). The number of nitrogens with two attached hydrogens (primary N) is 1. The summed E-state index contributed by atoms with van der Waals surface area (Å²) in [6.45, 7) is 0. The van der Waals surface area contributed by atoms with Gasteiger partial charge < -0.3 is 5.73 Å². The molecule has 0 aliphatic carbocycles. The molecule has 0 aromatic heterocycles. The van der Waals surface area contributed by atoms with Crippen molar-refractivity contribution in [2.75, 3.05) is 0 Å². The highest BCUT2D eigenvalue weighted by Gasteiger charge is 2.01. The highest BCUT2D eigenvalue weighted by molar-refractivity contribution is 8.26. The van der Waals surface area contributed by atoms with Crippen molar-refractivity contribution in [2.45, 2.75) is 0 Å². The smallest absolute Gasteiger partial charge is 0.157 e. The van der Waals surface area contributed by atoms with Crippen molar-refractivity contribution < 1.29 is 2.85 Å². The molecule has 0 heterocycles. The lowest BCUT2D eigenvalue weighted by Gasteiger charge is -2.00. The zero-order valence-electron chi connectivity index (χ0n) is 6.37. The van der Waals surface area contributed by atoms with Gasteiger partial charge in [-0.3, -0.25) is 10.8 Å². The van der Waals surface area contributed by atoms with E-state index in [1.54, 1.807) is 0 Å². The number of hydrogen-bond acceptors (Lipinski definition) is 3. The summed E-state index contributed by atoms with van der Waals surface area (Å²) >= 11 is 0.952. The summed E-state index contributed by atoms with van der Waals surface area (Å²) in [6, 6.07) is 9.22. The Hall–Kier alpha value is -1.29. The first kappa shape index (κ1) is 8.80. The van der Waals surface area contributed by atoms with Crippen LogP contribution in [0.2, 0.25) is 0 Å². The minimum Gasteiger partial charge on any atom is -0.378 e. The first-order valence-corrected chi connectivity index (χ1v) is 4.17. The van der Waals surface area contributed by atoms with Crippen LogP contribution >= 0.6 is 11.8 Å². The molecule has 1 aromatic carbocycles. The van der Waals surface area contributed by atoms with E-state index in [0.29, 0.717) is 5.04 Å². The van der Waals surface area contributed by atoms with Crippen LogP contribution in [0.15, 0.2) is 30.3 Å². The van der Waals surface area contributed by atoms with Crippen molar-refractivity contribution in [3.63, 3.8) is 0 Å². The van der Waals surface area contributed by atoms with Crippen molar-refractivity contribution in [3.05, 3.63) is 35.9 Å². The van der Waals surface area contributed by atoms with Crippen LogP contribution in [0.1, 0.15) is 8.42 Å². The third-order valence-electron chi connectivity index (χ3n) is 1.25. The normalized spacial score (nSPS) is 9.33. The molecule has 0 aliphatic rings. The Kier molecular flexibility index (Phi) is 2.88. The van der Waals surface area contributed by atoms with Gasteiger partial charge >= 0.3 is 0 Å². The van der Waals surface area contributed by atoms with E-state index in [1.165, 1.54) is 0 Å². The van der Waals surface area contributed by atoms with Gasteiger partial charge in [-0.05, 0) is 11.8 Å². The van der Waals surface area contributed by atoms with Gasteiger partial charge in [0.1, 0.15) is 5.04 Å². The number of nitrogens with one attached hydrogen (secondary N) is 2. The van der Waals surface area contributed by atoms with Crippen molar-refractivity contribution in [1.29, 1.82) is 10.8 Å². The maximum atomic E-state index is 7.50. The van der Waals surface area contributed by atoms with Crippen molar-refractivity contribution in [3.8, 4) is 0 Å². The fourth-order valence-electron chi connectivity index (χ4n) is 0.758. The monoisotopic (exact) mass is 183 g/mol. The van der Waals surface area contributed by atoms with Crippen LogP contribution in [0.5, 0.6) is 0 Å². The molecule has 0 unspecified atom stereocenters. The second kappa shape index (κ2) is 3.92. The first-order valence-electron chi connectivity index (χ1n) is 3.36. The van der Waals surface area contributed by atoms with Gasteiger partial charge in [-0.15, -0.1) is 0 Å². The SMILES string of the molecule is N=C(N)SC(=N)c1ccccc1.[HH].[HH]. The Balaban J connectivity index is 0. The number of rotatable bonds is 1. The summed E-state index contributed by atoms with van der Waals surface area (Å²) in [7, 11) is 0. The van der Waals surface area contributed by atoms with E-state index in [4.69, 9.17) is 16.6 Å². The fraction of sp³-hybridized carbons (Fsp3) is 0. The van der Waals surface area contributed by atoms with E-state index in [2.05, 4.69) is 0 Å². The predicted molar refractivity (Wildman–Crippen MR) is 57.0 cm³/mol. The van der Waals surface area contributed by atoms with Gasteiger partial charge in [0.2, 0.25) is 0 Å². The standard InChI is InChI=1S/C8H9N3S.2H2/c9-7(12-8(10)11)6-4-2-1-3-5-6;;/h1-5,9H,(H3,10,11);2*1H. The molecule has 3 nitrogen and oxygen atoms in total. The van der Waals surface area contributed by atoms with Gasteiger partial charge in [-0.2, -0.15) is 0 Å². The van der Waals surface area contributed by atoms with E-state index < -0.39 is 0 Å². The summed E-state index contributed by atoms with van der Waals surface area (Å²) in [6.07, 6.45) is 0. The van der Waals surface area contributed by atoms with E-state index in [9.17, 15) is 0 Å². The van der Waals surface area contributed by atoms with Crippen LogP contribution in [-0.2, 0) is 0 Å². The van der Waals surface area contributed by atoms with E-state index >= 15 is 0 Å². The van der Waals surface area contributed by atoms with Gasteiger partial charge in [0, 0.05) is 8.42 Å².